The number of fused-ring (bicyclic) bond motifs is 1. The minimum absolute atomic E-state index is 0.105. The van der Waals surface area contributed by atoms with Gasteiger partial charge in [0.15, 0.2) is 0 Å². The summed E-state index contributed by atoms with van der Waals surface area (Å²) in [5, 5.41) is 2.86. The number of halogens is 1. The molecule has 0 saturated carbocycles. The molecule has 1 unspecified atom stereocenters. The number of likely N-dealkylation sites (tertiary alicyclic amines) is 1. The number of rotatable bonds is 4. The van der Waals surface area contributed by atoms with Crippen molar-refractivity contribution in [2.75, 3.05) is 13.7 Å². The monoisotopic (exact) mass is 383 g/mol. The Morgan fingerprint density at radius 2 is 2.00 bits per heavy atom. The Hall–Kier alpha value is -3.09. The van der Waals surface area contributed by atoms with Crippen LogP contribution in [0.25, 0.3) is 0 Å². The van der Waals surface area contributed by atoms with E-state index in [-0.39, 0.29) is 17.8 Å². The number of carbonyl (C=O) groups excluding carboxylic acids is 2. The highest BCUT2D eigenvalue weighted by Crippen LogP contribution is 2.30. The average Bonchev–Trinajstić information content (AvgIpc) is 3.28. The molecule has 0 aromatic heterocycles. The van der Waals surface area contributed by atoms with Crippen LogP contribution in [-0.2, 0) is 24.4 Å². The van der Waals surface area contributed by atoms with E-state index in [9.17, 15) is 14.0 Å². The minimum Gasteiger partial charge on any atom is -0.496 e. The van der Waals surface area contributed by atoms with E-state index < -0.39 is 6.04 Å². The molecule has 28 heavy (non-hydrogen) atoms. The van der Waals surface area contributed by atoms with Crippen LogP contribution in [0.2, 0.25) is 0 Å². The lowest BCUT2D eigenvalue weighted by Gasteiger charge is -2.20. The topological polar surface area (TPSA) is 61.9 Å². The zero-order valence-corrected chi connectivity index (χ0v) is 15.7. The predicted octanol–water partition coefficient (Wildman–Crippen LogP) is 2.66. The first-order valence-corrected chi connectivity index (χ1v) is 9.28. The van der Waals surface area contributed by atoms with E-state index in [1.165, 1.54) is 12.1 Å². The average molecular weight is 383 g/mol. The van der Waals surface area contributed by atoms with E-state index in [2.05, 4.69) is 5.32 Å². The van der Waals surface area contributed by atoms with E-state index in [0.717, 1.165) is 22.4 Å². The highest BCUT2D eigenvalue weighted by molar-refractivity contribution is 5.88. The van der Waals surface area contributed by atoms with Gasteiger partial charge in [-0.3, -0.25) is 4.79 Å². The third-order valence-corrected chi connectivity index (χ3v) is 5.33. The summed E-state index contributed by atoms with van der Waals surface area (Å²) >= 11 is 0. The third-order valence-electron chi connectivity index (χ3n) is 5.33. The molecular weight excluding hydrogens is 361 g/mol. The number of urea groups is 1. The predicted molar refractivity (Wildman–Crippen MR) is 101 cm³/mol. The molecule has 7 heteroatoms. The van der Waals surface area contributed by atoms with Crippen molar-refractivity contribution in [3.63, 3.8) is 0 Å². The van der Waals surface area contributed by atoms with Crippen LogP contribution >= 0.6 is 0 Å². The Morgan fingerprint density at radius 1 is 1.21 bits per heavy atom. The van der Waals surface area contributed by atoms with Crippen LogP contribution in [-0.4, -0.2) is 41.4 Å². The summed E-state index contributed by atoms with van der Waals surface area (Å²) in [5.41, 5.74) is 2.94. The van der Waals surface area contributed by atoms with Gasteiger partial charge in [-0.1, -0.05) is 24.3 Å². The minimum atomic E-state index is -0.529. The van der Waals surface area contributed by atoms with Gasteiger partial charge in [0.25, 0.3) is 0 Å². The molecule has 2 aromatic carbocycles. The maximum atomic E-state index is 13.0. The fraction of sp³-hybridized carbons (Fsp3) is 0.333. The highest BCUT2D eigenvalue weighted by Gasteiger charge is 2.35. The number of hydrogen-bond donors (Lipinski definition) is 1. The van der Waals surface area contributed by atoms with Crippen molar-refractivity contribution >= 4 is 11.9 Å². The second-order valence-electron chi connectivity index (χ2n) is 7.13. The molecule has 0 radical (unpaired) electrons. The van der Waals surface area contributed by atoms with Crippen molar-refractivity contribution < 1.29 is 18.7 Å². The number of carbonyl (C=O) groups is 2. The highest BCUT2D eigenvalue weighted by atomic mass is 19.1. The molecule has 2 aromatic rings. The van der Waals surface area contributed by atoms with Crippen molar-refractivity contribution in [1.29, 1.82) is 0 Å². The van der Waals surface area contributed by atoms with Crippen LogP contribution in [0.3, 0.4) is 0 Å². The van der Waals surface area contributed by atoms with Gasteiger partial charge < -0.3 is 19.9 Å². The number of ether oxygens (including phenoxy) is 1. The zero-order valence-electron chi connectivity index (χ0n) is 15.7. The summed E-state index contributed by atoms with van der Waals surface area (Å²) < 4.78 is 18.4. The van der Waals surface area contributed by atoms with E-state index in [1.54, 1.807) is 29.0 Å². The Balaban J connectivity index is 1.35. The molecule has 0 bridgehead atoms. The van der Waals surface area contributed by atoms with Crippen LogP contribution < -0.4 is 10.1 Å². The molecule has 0 spiro atoms. The van der Waals surface area contributed by atoms with Crippen LogP contribution in [0.1, 0.15) is 23.1 Å². The zero-order chi connectivity index (χ0) is 19.7. The van der Waals surface area contributed by atoms with Crippen molar-refractivity contribution in [3.8, 4) is 5.75 Å². The lowest BCUT2D eigenvalue weighted by atomic mass is 10.1. The maximum absolute atomic E-state index is 13.0. The van der Waals surface area contributed by atoms with Crippen LogP contribution in [0, 0.1) is 5.82 Å². The summed E-state index contributed by atoms with van der Waals surface area (Å²) in [6.07, 6.45) is 0.565. The van der Waals surface area contributed by atoms with Crippen molar-refractivity contribution in [3.05, 3.63) is 65.0 Å². The van der Waals surface area contributed by atoms with Crippen LogP contribution in [0.4, 0.5) is 9.18 Å². The first-order chi connectivity index (χ1) is 13.5. The Kier molecular flexibility index (Phi) is 4.90. The smallest absolute Gasteiger partial charge is 0.318 e. The molecule has 2 heterocycles. The molecular formula is C21H22FN3O3. The van der Waals surface area contributed by atoms with E-state index in [4.69, 9.17) is 4.74 Å². The molecule has 0 aliphatic carbocycles. The molecule has 6 nitrogen and oxygen atoms in total. The van der Waals surface area contributed by atoms with Gasteiger partial charge >= 0.3 is 6.03 Å². The molecule has 2 aliphatic heterocycles. The van der Waals surface area contributed by atoms with E-state index in [1.807, 2.05) is 18.2 Å². The summed E-state index contributed by atoms with van der Waals surface area (Å²) in [6.45, 7) is 1.94. The summed E-state index contributed by atoms with van der Waals surface area (Å²) in [6, 6.07) is 11.1. The van der Waals surface area contributed by atoms with Crippen LogP contribution in [0.15, 0.2) is 42.5 Å². The molecule has 3 amide bonds. The molecule has 1 fully saturated rings. The Bertz CT molecular complexity index is 900. The normalized spacial score (nSPS) is 18.4. The third kappa shape index (κ3) is 3.52. The van der Waals surface area contributed by atoms with Gasteiger partial charge in [-0.15, -0.1) is 0 Å². The second kappa shape index (κ2) is 7.50. The Labute approximate surface area is 162 Å². The van der Waals surface area contributed by atoms with Gasteiger partial charge in [-0.05, 0) is 35.7 Å². The fourth-order valence-corrected chi connectivity index (χ4v) is 3.81. The quantitative estimate of drug-likeness (QED) is 0.883. The van der Waals surface area contributed by atoms with Gasteiger partial charge in [0.2, 0.25) is 5.91 Å². The summed E-state index contributed by atoms with van der Waals surface area (Å²) in [4.78, 5) is 28.7. The molecule has 4 rings (SSSR count). The number of hydrogen-bond acceptors (Lipinski definition) is 3. The standard InChI is InChI=1S/C21H22FN3O3/c1-28-19-4-2-3-15-12-25(13-17(15)19)21(27)23-18-9-10-24(20(18)26)11-14-5-7-16(22)8-6-14/h2-8,18H,9-13H2,1H3,(H,23,27). The van der Waals surface area contributed by atoms with Crippen molar-refractivity contribution in [1.82, 2.24) is 15.1 Å². The van der Waals surface area contributed by atoms with Gasteiger partial charge in [0.05, 0.1) is 13.7 Å². The second-order valence-corrected chi connectivity index (χ2v) is 7.13. The molecule has 2 aliphatic rings. The van der Waals surface area contributed by atoms with E-state index in [0.29, 0.717) is 32.6 Å². The summed E-state index contributed by atoms with van der Waals surface area (Å²) in [7, 11) is 1.62. The first-order valence-electron chi connectivity index (χ1n) is 9.28. The van der Waals surface area contributed by atoms with Crippen molar-refractivity contribution in [2.24, 2.45) is 0 Å². The van der Waals surface area contributed by atoms with E-state index >= 15 is 0 Å². The van der Waals surface area contributed by atoms with Gasteiger partial charge in [0, 0.05) is 25.2 Å². The van der Waals surface area contributed by atoms with Crippen LogP contribution in [0.5, 0.6) is 5.75 Å². The number of benzene rings is 2. The first kappa shape index (κ1) is 18.3. The lowest BCUT2D eigenvalue weighted by molar-refractivity contribution is -0.129. The molecule has 1 atom stereocenters. The Morgan fingerprint density at radius 3 is 2.75 bits per heavy atom. The SMILES string of the molecule is COc1cccc2c1CN(C(=O)NC1CCN(Cc3ccc(F)cc3)C1=O)C2. The lowest BCUT2D eigenvalue weighted by Crippen LogP contribution is -2.46. The molecule has 1 N–H and O–H groups in total. The summed E-state index contributed by atoms with van der Waals surface area (Å²) in [5.74, 6) is 0.368. The van der Waals surface area contributed by atoms with Gasteiger partial charge in [0.1, 0.15) is 17.6 Å². The van der Waals surface area contributed by atoms with Gasteiger partial charge in [-0.25, -0.2) is 9.18 Å². The number of methoxy groups -OCH3 is 1. The largest absolute Gasteiger partial charge is 0.496 e. The van der Waals surface area contributed by atoms with Crippen molar-refractivity contribution in [2.45, 2.75) is 32.1 Å². The number of nitrogens with zero attached hydrogens (tertiary/aromatic N) is 2. The molecule has 1 saturated heterocycles. The number of amides is 3. The van der Waals surface area contributed by atoms with Gasteiger partial charge in [-0.2, -0.15) is 0 Å². The molecule has 146 valence electrons. The maximum Gasteiger partial charge on any atom is 0.318 e. The fourth-order valence-electron chi connectivity index (χ4n) is 3.81. The number of nitrogens with one attached hydrogen (secondary N) is 1.